The summed E-state index contributed by atoms with van der Waals surface area (Å²) in [5.41, 5.74) is 0.0796. The molecule has 1 unspecified atom stereocenters. The number of sulfonamides is 1. The fourth-order valence-electron chi connectivity index (χ4n) is 4.32. The Hall–Kier alpha value is -3.29. The summed E-state index contributed by atoms with van der Waals surface area (Å²) in [6, 6.07) is 4.72. The molecule has 2 N–H and O–H groups in total. The van der Waals surface area contributed by atoms with E-state index in [1.165, 1.54) is 29.2 Å². The summed E-state index contributed by atoms with van der Waals surface area (Å²) in [5.74, 6) is 0.283. The molecular formula is C21H22N4O7S2. The minimum absolute atomic E-state index is 0.0569. The number of thiophene rings is 1. The van der Waals surface area contributed by atoms with Crippen molar-refractivity contribution in [3.8, 4) is 16.4 Å². The summed E-state index contributed by atoms with van der Waals surface area (Å²) in [6.45, 7) is 1.60. The van der Waals surface area contributed by atoms with Crippen molar-refractivity contribution >= 4 is 33.7 Å². The van der Waals surface area contributed by atoms with Gasteiger partial charge >= 0.3 is 0 Å². The second-order valence-corrected chi connectivity index (χ2v) is 11.3. The van der Waals surface area contributed by atoms with Crippen molar-refractivity contribution in [2.75, 3.05) is 26.2 Å². The van der Waals surface area contributed by atoms with Crippen LogP contribution in [0.4, 0.5) is 0 Å². The molecule has 3 aromatic heterocycles. The Morgan fingerprint density at radius 2 is 1.91 bits per heavy atom. The van der Waals surface area contributed by atoms with Gasteiger partial charge in [0.25, 0.3) is 22.4 Å². The van der Waals surface area contributed by atoms with Crippen LogP contribution in [0, 0.1) is 5.41 Å². The first-order chi connectivity index (χ1) is 16.3. The highest BCUT2D eigenvalue weighted by molar-refractivity contribution is 7.91. The number of aromatic nitrogens is 2. The monoisotopic (exact) mass is 506 g/mol. The van der Waals surface area contributed by atoms with E-state index in [4.69, 9.17) is 14.3 Å². The molecule has 5 heterocycles. The van der Waals surface area contributed by atoms with Gasteiger partial charge in [-0.2, -0.15) is 4.31 Å². The Balaban J connectivity index is 0.000000868. The zero-order chi connectivity index (χ0) is 24.3. The van der Waals surface area contributed by atoms with Crippen LogP contribution in [-0.2, 0) is 14.8 Å². The molecule has 180 valence electrons. The molecule has 1 spiro atoms. The van der Waals surface area contributed by atoms with E-state index in [-0.39, 0.29) is 27.8 Å². The summed E-state index contributed by atoms with van der Waals surface area (Å²) in [6.07, 6.45) is 7.02. The first-order valence-corrected chi connectivity index (χ1v) is 12.5. The molecule has 2 aliphatic heterocycles. The van der Waals surface area contributed by atoms with Gasteiger partial charge in [-0.15, -0.1) is 11.3 Å². The Morgan fingerprint density at radius 1 is 1.15 bits per heavy atom. The topological polar surface area (TPSA) is 154 Å². The molecule has 1 amide bonds. The van der Waals surface area contributed by atoms with Crippen LogP contribution in [0.15, 0.2) is 51.8 Å². The quantitative estimate of drug-likeness (QED) is 0.506. The molecule has 0 saturated carbocycles. The summed E-state index contributed by atoms with van der Waals surface area (Å²) in [7, 11) is -3.62. The lowest BCUT2D eigenvalue weighted by atomic mass is 9.86. The third-order valence-corrected chi connectivity index (χ3v) is 9.36. The molecule has 0 aliphatic carbocycles. The van der Waals surface area contributed by atoms with Crippen LogP contribution in [-0.4, -0.2) is 76.4 Å². The molecule has 34 heavy (non-hydrogen) atoms. The van der Waals surface area contributed by atoms with Gasteiger partial charge < -0.3 is 19.5 Å². The fourth-order valence-corrected chi connectivity index (χ4v) is 7.29. The van der Waals surface area contributed by atoms with Gasteiger partial charge in [0.2, 0.25) is 0 Å². The number of carboxylic acid groups (broad SMARTS) is 1. The minimum Gasteiger partial charge on any atom is -0.506 e. The van der Waals surface area contributed by atoms with Crippen LogP contribution in [0.25, 0.3) is 10.6 Å². The van der Waals surface area contributed by atoms with Crippen molar-refractivity contribution in [1.29, 1.82) is 0 Å². The first-order valence-electron chi connectivity index (χ1n) is 10.3. The number of likely N-dealkylation sites (tertiary alicyclic amines) is 1. The molecular weight excluding hydrogens is 484 g/mol. The summed E-state index contributed by atoms with van der Waals surface area (Å²) >= 11 is 1.16. The number of amides is 1. The zero-order valence-electron chi connectivity index (χ0n) is 17.9. The van der Waals surface area contributed by atoms with Gasteiger partial charge in [-0.1, -0.05) is 0 Å². The second kappa shape index (κ2) is 9.52. The zero-order valence-corrected chi connectivity index (χ0v) is 19.5. The van der Waals surface area contributed by atoms with Gasteiger partial charge in [-0.05, 0) is 31.0 Å². The molecule has 0 aromatic carbocycles. The summed E-state index contributed by atoms with van der Waals surface area (Å²) < 4.78 is 33.5. The first kappa shape index (κ1) is 23.9. The van der Waals surface area contributed by atoms with Crippen LogP contribution < -0.4 is 0 Å². The van der Waals surface area contributed by atoms with Crippen molar-refractivity contribution in [2.45, 2.75) is 17.1 Å². The molecule has 13 heteroatoms. The molecule has 3 aromatic rings. The van der Waals surface area contributed by atoms with Gasteiger partial charge in [-0.25, -0.2) is 13.4 Å². The number of rotatable bonds is 4. The highest BCUT2D eigenvalue weighted by Crippen LogP contribution is 2.43. The van der Waals surface area contributed by atoms with Crippen molar-refractivity contribution in [1.82, 2.24) is 19.2 Å². The second-order valence-electron chi connectivity index (χ2n) is 8.09. The third-order valence-electron chi connectivity index (χ3n) is 5.95. The van der Waals surface area contributed by atoms with Crippen LogP contribution >= 0.6 is 11.3 Å². The molecule has 0 radical (unpaired) electrons. The van der Waals surface area contributed by atoms with Crippen LogP contribution in [0.3, 0.4) is 0 Å². The van der Waals surface area contributed by atoms with Gasteiger partial charge in [0, 0.05) is 37.8 Å². The minimum atomic E-state index is -3.62. The molecule has 1 atom stereocenters. The van der Waals surface area contributed by atoms with E-state index >= 15 is 0 Å². The van der Waals surface area contributed by atoms with E-state index < -0.39 is 10.0 Å². The molecule has 2 fully saturated rings. The third kappa shape index (κ3) is 4.67. The van der Waals surface area contributed by atoms with Gasteiger partial charge in [0.1, 0.15) is 9.96 Å². The normalized spacial score (nSPS) is 20.3. The maximum Gasteiger partial charge on any atom is 0.290 e. The van der Waals surface area contributed by atoms with E-state index in [0.29, 0.717) is 48.8 Å². The van der Waals surface area contributed by atoms with E-state index in [1.807, 2.05) is 0 Å². The van der Waals surface area contributed by atoms with E-state index in [0.717, 1.165) is 17.8 Å². The lowest BCUT2D eigenvalue weighted by Crippen LogP contribution is -2.35. The number of oxazole rings is 1. The number of nitrogens with zero attached hydrogens (tertiary/aromatic N) is 4. The maximum absolute atomic E-state index is 13.2. The van der Waals surface area contributed by atoms with E-state index in [9.17, 15) is 18.3 Å². The largest absolute Gasteiger partial charge is 0.506 e. The van der Waals surface area contributed by atoms with Crippen LogP contribution in [0.5, 0.6) is 5.75 Å². The molecule has 2 saturated heterocycles. The highest BCUT2D eigenvalue weighted by atomic mass is 32.2. The standard InChI is InChI=1S/C20H20N4O5S2.CH2O2/c25-15-7-14(8-21-9-15)19(26)23-5-3-20(11-23)4-6-24(12-20)31(27,28)18-2-1-17(30-18)16-10-22-13-29-16;2-1-3/h1-2,7-10,13,25H,3-6,11-12H2;1H,(H,2,3). The lowest BCUT2D eigenvalue weighted by Gasteiger charge is -2.24. The van der Waals surface area contributed by atoms with Gasteiger partial charge in [-0.3, -0.25) is 14.6 Å². The Labute approximate surface area is 199 Å². The fraction of sp³-hybridized carbons (Fsp3) is 0.333. The summed E-state index contributed by atoms with van der Waals surface area (Å²) in [4.78, 5) is 31.3. The van der Waals surface area contributed by atoms with Crippen LogP contribution in [0.1, 0.15) is 23.2 Å². The van der Waals surface area contributed by atoms with Crippen molar-refractivity contribution in [2.24, 2.45) is 5.41 Å². The van der Waals surface area contributed by atoms with E-state index in [1.54, 1.807) is 23.2 Å². The van der Waals surface area contributed by atoms with Crippen molar-refractivity contribution in [3.63, 3.8) is 0 Å². The highest BCUT2D eigenvalue weighted by Gasteiger charge is 2.48. The number of pyridine rings is 1. The average molecular weight is 507 g/mol. The van der Waals surface area contributed by atoms with Gasteiger partial charge in [0.05, 0.1) is 22.8 Å². The van der Waals surface area contributed by atoms with Crippen molar-refractivity contribution in [3.05, 3.63) is 48.7 Å². The Bertz CT molecular complexity index is 1280. The Kier molecular flexibility index (Phi) is 6.68. The molecule has 5 rings (SSSR count). The number of aromatic hydroxyl groups is 1. The van der Waals surface area contributed by atoms with Crippen LogP contribution in [0.2, 0.25) is 0 Å². The average Bonchev–Trinajstić information content (AvgIpc) is 3.61. The lowest BCUT2D eigenvalue weighted by molar-refractivity contribution is -0.122. The predicted octanol–water partition coefficient (Wildman–Crippen LogP) is 2.13. The summed E-state index contributed by atoms with van der Waals surface area (Å²) in [5, 5.41) is 16.5. The SMILES string of the molecule is O=C(c1cncc(O)c1)N1CCC2(CCN(S(=O)(=O)c3ccc(-c4cnco4)s3)C2)C1.O=CO. The van der Waals surface area contributed by atoms with Crippen molar-refractivity contribution < 1.29 is 32.6 Å². The molecule has 0 bridgehead atoms. The smallest absolute Gasteiger partial charge is 0.290 e. The predicted molar refractivity (Wildman–Crippen MR) is 121 cm³/mol. The number of carbonyl (C=O) groups is 2. The number of hydrogen-bond acceptors (Lipinski definition) is 9. The van der Waals surface area contributed by atoms with E-state index in [2.05, 4.69) is 9.97 Å². The van der Waals surface area contributed by atoms with Gasteiger partial charge in [0.15, 0.2) is 12.2 Å². The number of carbonyl (C=O) groups excluding carboxylic acids is 1. The molecule has 11 nitrogen and oxygen atoms in total. The maximum atomic E-state index is 13.2. The molecule has 2 aliphatic rings. The number of hydrogen-bond donors (Lipinski definition) is 2. The Morgan fingerprint density at radius 3 is 2.62 bits per heavy atom.